The Balaban J connectivity index is 1.68. The van der Waals surface area contributed by atoms with E-state index in [0.29, 0.717) is 61.9 Å². The molecule has 2 aromatic carbocycles. The van der Waals surface area contributed by atoms with Crippen molar-refractivity contribution in [1.29, 1.82) is 0 Å². The normalized spacial score (nSPS) is 20.2. The van der Waals surface area contributed by atoms with Crippen LogP contribution in [0.1, 0.15) is 44.2 Å². The maximum atomic E-state index is 14.0. The fourth-order valence-corrected chi connectivity index (χ4v) is 5.45. The summed E-state index contributed by atoms with van der Waals surface area (Å²) in [5, 5.41) is 0. The van der Waals surface area contributed by atoms with Crippen LogP contribution in [-0.2, 0) is 19.1 Å². The largest absolute Gasteiger partial charge is 0.497 e. The number of nitrogens with zero attached hydrogens (tertiary/aromatic N) is 2. The molecule has 38 heavy (non-hydrogen) atoms. The van der Waals surface area contributed by atoms with E-state index in [2.05, 4.69) is 0 Å². The highest BCUT2D eigenvalue weighted by Crippen LogP contribution is 2.43. The quantitative estimate of drug-likeness (QED) is 0.482. The summed E-state index contributed by atoms with van der Waals surface area (Å²) < 4.78 is 21.5. The number of carbonyl (C=O) groups excluding carboxylic acids is 3. The second-order valence-corrected chi connectivity index (χ2v) is 9.52. The van der Waals surface area contributed by atoms with Crippen molar-refractivity contribution in [2.24, 2.45) is 11.8 Å². The number of amides is 2. The first-order valence-electron chi connectivity index (χ1n) is 13.0. The minimum atomic E-state index is -0.542. The van der Waals surface area contributed by atoms with Crippen LogP contribution < -0.4 is 19.1 Å². The number of hydrogen-bond acceptors (Lipinski definition) is 7. The van der Waals surface area contributed by atoms with Gasteiger partial charge in [-0.1, -0.05) is 6.07 Å². The Kier molecular flexibility index (Phi) is 8.76. The van der Waals surface area contributed by atoms with Crippen LogP contribution in [0.2, 0.25) is 0 Å². The molecule has 0 bridgehead atoms. The molecule has 2 saturated heterocycles. The van der Waals surface area contributed by atoms with Crippen LogP contribution in [0.25, 0.3) is 0 Å². The van der Waals surface area contributed by atoms with Gasteiger partial charge in [-0.05, 0) is 68.1 Å². The lowest BCUT2D eigenvalue weighted by atomic mass is 9.82. The molecule has 4 rings (SSSR count). The number of benzene rings is 2. The molecule has 2 fully saturated rings. The van der Waals surface area contributed by atoms with Crippen molar-refractivity contribution in [2.75, 3.05) is 45.9 Å². The molecule has 2 amide bonds. The predicted molar refractivity (Wildman–Crippen MR) is 141 cm³/mol. The number of rotatable bonds is 8. The molecule has 0 radical (unpaired) electrons. The van der Waals surface area contributed by atoms with Crippen molar-refractivity contribution in [3.05, 3.63) is 48.0 Å². The van der Waals surface area contributed by atoms with Crippen molar-refractivity contribution in [3.63, 3.8) is 0 Å². The van der Waals surface area contributed by atoms with E-state index in [-0.39, 0.29) is 30.1 Å². The average Bonchev–Trinajstić information content (AvgIpc) is 2.96. The second kappa shape index (κ2) is 12.2. The molecule has 0 saturated carbocycles. The molecule has 0 aromatic heterocycles. The molecule has 0 spiro atoms. The molecule has 0 N–H and O–H groups in total. The van der Waals surface area contributed by atoms with Crippen molar-refractivity contribution in [1.82, 2.24) is 4.90 Å². The summed E-state index contributed by atoms with van der Waals surface area (Å²) in [6, 6.07) is 12.3. The van der Waals surface area contributed by atoms with Gasteiger partial charge in [0.2, 0.25) is 11.8 Å². The minimum absolute atomic E-state index is 0.0156. The van der Waals surface area contributed by atoms with E-state index in [1.54, 1.807) is 51.4 Å². The van der Waals surface area contributed by atoms with E-state index in [9.17, 15) is 14.4 Å². The third-order valence-corrected chi connectivity index (χ3v) is 7.44. The van der Waals surface area contributed by atoms with Crippen molar-refractivity contribution in [3.8, 4) is 17.2 Å². The van der Waals surface area contributed by atoms with Gasteiger partial charge < -0.3 is 28.7 Å². The van der Waals surface area contributed by atoms with Gasteiger partial charge in [-0.25, -0.2) is 0 Å². The number of likely N-dealkylation sites (tertiary alicyclic amines) is 1. The summed E-state index contributed by atoms with van der Waals surface area (Å²) in [7, 11) is 4.72. The van der Waals surface area contributed by atoms with E-state index in [1.807, 2.05) is 29.2 Å². The Bertz CT molecular complexity index is 1140. The summed E-state index contributed by atoms with van der Waals surface area (Å²) in [6.45, 7) is 3.11. The summed E-state index contributed by atoms with van der Waals surface area (Å²) >= 11 is 0. The first-order valence-corrected chi connectivity index (χ1v) is 13.0. The van der Waals surface area contributed by atoms with Gasteiger partial charge >= 0.3 is 5.97 Å². The molecular weight excluding hydrogens is 488 g/mol. The fraction of sp³-hybridized carbons (Fsp3) is 0.483. The summed E-state index contributed by atoms with van der Waals surface area (Å²) in [4.78, 5) is 43.2. The molecule has 2 aliphatic rings. The Morgan fingerprint density at radius 3 is 2.18 bits per heavy atom. The summed E-state index contributed by atoms with van der Waals surface area (Å²) in [5.41, 5.74) is 1.47. The smallest absolute Gasteiger partial charge is 0.309 e. The topological polar surface area (TPSA) is 94.6 Å². The third kappa shape index (κ3) is 5.56. The van der Waals surface area contributed by atoms with Gasteiger partial charge in [-0.3, -0.25) is 14.4 Å². The second-order valence-electron chi connectivity index (χ2n) is 9.52. The van der Waals surface area contributed by atoms with Crippen LogP contribution in [0.5, 0.6) is 17.2 Å². The monoisotopic (exact) mass is 524 g/mol. The van der Waals surface area contributed by atoms with Gasteiger partial charge in [0, 0.05) is 25.2 Å². The zero-order chi connectivity index (χ0) is 27.2. The SMILES string of the molecule is CCOC(=O)C1CCN(C(=O)[C@@H]2CCC(=O)N(c3ccc(OC)cc3)[C@H]2c2ccc(OC)c(OC)c2)CC1. The zero-order valence-corrected chi connectivity index (χ0v) is 22.5. The zero-order valence-electron chi connectivity index (χ0n) is 22.5. The molecule has 9 heteroatoms. The number of methoxy groups -OCH3 is 3. The number of ether oxygens (including phenoxy) is 4. The highest BCUT2D eigenvalue weighted by molar-refractivity contribution is 5.97. The van der Waals surface area contributed by atoms with E-state index in [0.717, 1.165) is 5.56 Å². The maximum absolute atomic E-state index is 14.0. The number of esters is 1. The highest BCUT2D eigenvalue weighted by Gasteiger charge is 2.44. The van der Waals surface area contributed by atoms with Gasteiger partial charge in [0.05, 0.1) is 45.8 Å². The molecule has 2 aromatic rings. The minimum Gasteiger partial charge on any atom is -0.497 e. The average molecular weight is 525 g/mol. The van der Waals surface area contributed by atoms with Crippen LogP contribution in [0.15, 0.2) is 42.5 Å². The molecule has 0 unspecified atom stereocenters. The van der Waals surface area contributed by atoms with E-state index in [4.69, 9.17) is 18.9 Å². The van der Waals surface area contributed by atoms with E-state index in [1.165, 1.54) is 0 Å². The molecule has 2 atom stereocenters. The lowest BCUT2D eigenvalue weighted by Gasteiger charge is -2.43. The van der Waals surface area contributed by atoms with Crippen LogP contribution in [0.4, 0.5) is 5.69 Å². The summed E-state index contributed by atoms with van der Waals surface area (Å²) in [5.74, 6) is 0.849. The Morgan fingerprint density at radius 2 is 1.58 bits per heavy atom. The van der Waals surface area contributed by atoms with Crippen molar-refractivity contribution < 1.29 is 33.3 Å². The van der Waals surface area contributed by atoms with Gasteiger partial charge in [0.15, 0.2) is 11.5 Å². The van der Waals surface area contributed by atoms with Crippen LogP contribution in [0.3, 0.4) is 0 Å². The van der Waals surface area contributed by atoms with Crippen molar-refractivity contribution >= 4 is 23.5 Å². The molecule has 0 aliphatic carbocycles. The molecule has 2 heterocycles. The highest BCUT2D eigenvalue weighted by atomic mass is 16.5. The van der Waals surface area contributed by atoms with Crippen LogP contribution in [-0.4, -0.2) is 63.7 Å². The van der Waals surface area contributed by atoms with Crippen LogP contribution in [0, 0.1) is 11.8 Å². The standard InChI is InChI=1S/C29H36N2O7/c1-5-38-29(34)19-14-16-30(17-15-19)28(33)23-11-13-26(32)31(21-7-9-22(35-2)10-8-21)27(23)20-6-12-24(36-3)25(18-20)37-4/h6-10,12,18-19,23,27H,5,11,13-17H2,1-4H3/t23-,27+/m1/s1. The lowest BCUT2D eigenvalue weighted by molar-refractivity contribution is -0.152. The maximum Gasteiger partial charge on any atom is 0.309 e. The molecule has 204 valence electrons. The molecule has 9 nitrogen and oxygen atoms in total. The predicted octanol–water partition coefficient (Wildman–Crippen LogP) is 4.00. The van der Waals surface area contributed by atoms with E-state index < -0.39 is 12.0 Å². The van der Waals surface area contributed by atoms with Crippen molar-refractivity contribution in [2.45, 2.75) is 38.6 Å². The number of hydrogen-bond donors (Lipinski definition) is 0. The number of anilines is 1. The Hall–Kier alpha value is -3.75. The molecular formula is C29H36N2O7. The van der Waals surface area contributed by atoms with E-state index >= 15 is 0 Å². The third-order valence-electron chi connectivity index (χ3n) is 7.44. The summed E-state index contributed by atoms with van der Waals surface area (Å²) in [6.07, 6.45) is 1.82. The van der Waals surface area contributed by atoms with Gasteiger partial charge in [-0.2, -0.15) is 0 Å². The number of piperidine rings is 2. The number of carbonyl (C=O) groups is 3. The first-order chi connectivity index (χ1) is 18.4. The Morgan fingerprint density at radius 1 is 0.895 bits per heavy atom. The Labute approximate surface area is 223 Å². The van der Waals surface area contributed by atoms with Gasteiger partial charge in [-0.15, -0.1) is 0 Å². The fourth-order valence-electron chi connectivity index (χ4n) is 5.45. The molecule has 2 aliphatic heterocycles. The first kappa shape index (κ1) is 27.3. The van der Waals surface area contributed by atoms with Gasteiger partial charge in [0.1, 0.15) is 5.75 Å². The van der Waals surface area contributed by atoms with Gasteiger partial charge in [0.25, 0.3) is 0 Å². The van der Waals surface area contributed by atoms with Crippen LogP contribution >= 0.6 is 0 Å². The lowest BCUT2D eigenvalue weighted by Crippen LogP contribution is -2.51.